The molecule has 3 heterocycles. The van der Waals surface area contributed by atoms with Gasteiger partial charge in [0.05, 0.1) is 26.8 Å². The van der Waals surface area contributed by atoms with Crippen LogP contribution < -0.4 is 0 Å². The number of nitrogens with zero attached hydrogens (tertiary/aromatic N) is 2. The van der Waals surface area contributed by atoms with Gasteiger partial charge in [0.1, 0.15) is 0 Å². The number of thiophene rings is 1. The Labute approximate surface area is 263 Å². The number of para-hydroxylation sites is 4. The van der Waals surface area contributed by atoms with Gasteiger partial charge in [-0.25, -0.2) is 0 Å². The first-order chi connectivity index (χ1) is 22.3. The molecular formula is C42H26N2S. The molecule has 0 unspecified atom stereocenters. The second-order valence-electron chi connectivity index (χ2n) is 11.7. The quantitative estimate of drug-likeness (QED) is 0.194. The Kier molecular flexibility index (Phi) is 5.19. The van der Waals surface area contributed by atoms with Crippen molar-refractivity contribution in [3.05, 3.63) is 158 Å². The van der Waals surface area contributed by atoms with Crippen LogP contribution in [0.5, 0.6) is 0 Å². The molecule has 0 atom stereocenters. The molecule has 0 aliphatic rings. The van der Waals surface area contributed by atoms with Gasteiger partial charge in [-0.15, -0.1) is 11.3 Å². The van der Waals surface area contributed by atoms with Crippen LogP contribution in [0.25, 0.3) is 86.3 Å². The first-order valence-electron chi connectivity index (χ1n) is 15.4. The predicted octanol–water partition coefficient (Wildman–Crippen LogP) is 11.9. The number of hydrogen-bond donors (Lipinski definition) is 0. The molecule has 10 aromatic rings. The Morgan fingerprint density at radius 1 is 0.356 bits per heavy atom. The van der Waals surface area contributed by atoms with Crippen molar-refractivity contribution in [1.82, 2.24) is 9.13 Å². The summed E-state index contributed by atoms with van der Waals surface area (Å²) in [4.78, 5) is 0. The molecular weight excluding hydrogens is 565 g/mol. The summed E-state index contributed by atoms with van der Waals surface area (Å²) in [5.74, 6) is 0. The summed E-state index contributed by atoms with van der Waals surface area (Å²) in [5.41, 5.74) is 9.76. The van der Waals surface area contributed by atoms with Crippen LogP contribution in [0.2, 0.25) is 0 Å². The van der Waals surface area contributed by atoms with Crippen LogP contribution in [0.15, 0.2) is 158 Å². The molecule has 0 saturated carbocycles. The normalized spacial score (nSPS) is 12.0. The molecule has 210 valence electrons. The van der Waals surface area contributed by atoms with Gasteiger partial charge in [-0.1, -0.05) is 115 Å². The van der Waals surface area contributed by atoms with E-state index in [2.05, 4.69) is 167 Å². The minimum atomic E-state index is 1.17. The van der Waals surface area contributed by atoms with Crippen molar-refractivity contribution in [2.75, 3.05) is 0 Å². The Morgan fingerprint density at radius 3 is 1.67 bits per heavy atom. The number of benzene rings is 7. The highest BCUT2D eigenvalue weighted by molar-refractivity contribution is 7.26. The summed E-state index contributed by atoms with van der Waals surface area (Å²) in [6.07, 6.45) is 0. The fourth-order valence-corrected chi connectivity index (χ4v) is 8.63. The monoisotopic (exact) mass is 590 g/mol. The van der Waals surface area contributed by atoms with E-state index in [1.807, 2.05) is 11.3 Å². The second kappa shape index (κ2) is 9.43. The van der Waals surface area contributed by atoms with E-state index in [9.17, 15) is 0 Å². The number of fused-ring (bicyclic) bond motifs is 10. The lowest BCUT2D eigenvalue weighted by Crippen LogP contribution is -1.96. The first-order valence-corrected chi connectivity index (χ1v) is 16.2. The fraction of sp³-hybridized carbons (Fsp3) is 0. The van der Waals surface area contributed by atoms with E-state index >= 15 is 0 Å². The molecule has 3 aromatic heterocycles. The lowest BCUT2D eigenvalue weighted by molar-refractivity contribution is 1.18. The average molecular weight is 591 g/mol. The molecule has 10 rings (SSSR count). The van der Waals surface area contributed by atoms with Crippen molar-refractivity contribution in [1.29, 1.82) is 0 Å². The minimum Gasteiger partial charge on any atom is -0.309 e. The van der Waals surface area contributed by atoms with Crippen LogP contribution >= 0.6 is 11.3 Å². The van der Waals surface area contributed by atoms with E-state index in [0.29, 0.717) is 0 Å². The molecule has 0 N–H and O–H groups in total. The van der Waals surface area contributed by atoms with E-state index in [4.69, 9.17) is 0 Å². The van der Waals surface area contributed by atoms with E-state index < -0.39 is 0 Å². The molecule has 0 amide bonds. The minimum absolute atomic E-state index is 1.17. The smallest absolute Gasteiger partial charge is 0.0719 e. The maximum Gasteiger partial charge on any atom is 0.0719 e. The zero-order chi connectivity index (χ0) is 29.5. The Bertz CT molecular complexity index is 2740. The van der Waals surface area contributed by atoms with Crippen LogP contribution in [-0.4, -0.2) is 9.13 Å². The van der Waals surface area contributed by atoms with Gasteiger partial charge in [0.25, 0.3) is 0 Å². The third-order valence-corrected chi connectivity index (χ3v) is 10.5. The van der Waals surface area contributed by atoms with Crippen LogP contribution in [-0.2, 0) is 0 Å². The summed E-state index contributed by atoms with van der Waals surface area (Å²) in [7, 11) is 0. The molecule has 0 aliphatic carbocycles. The van der Waals surface area contributed by atoms with E-state index in [1.165, 1.54) is 86.3 Å². The van der Waals surface area contributed by atoms with Gasteiger partial charge in [0.2, 0.25) is 0 Å². The molecule has 0 bridgehead atoms. The third-order valence-electron chi connectivity index (χ3n) is 9.33. The van der Waals surface area contributed by atoms with Gasteiger partial charge in [0, 0.05) is 54.0 Å². The maximum atomic E-state index is 2.47. The van der Waals surface area contributed by atoms with Crippen molar-refractivity contribution in [3.8, 4) is 22.5 Å². The Balaban J connectivity index is 1.22. The van der Waals surface area contributed by atoms with Gasteiger partial charge in [-0.3, -0.25) is 0 Å². The molecule has 7 aromatic carbocycles. The Hall–Kier alpha value is -5.64. The predicted molar refractivity (Wildman–Crippen MR) is 193 cm³/mol. The summed E-state index contributed by atoms with van der Waals surface area (Å²) in [5, 5.41) is 7.77. The molecule has 2 nitrogen and oxygen atoms in total. The van der Waals surface area contributed by atoms with Gasteiger partial charge in [0.15, 0.2) is 0 Å². The van der Waals surface area contributed by atoms with E-state index in [-0.39, 0.29) is 0 Å². The van der Waals surface area contributed by atoms with E-state index in [0.717, 1.165) is 0 Å². The lowest BCUT2D eigenvalue weighted by atomic mass is 10.0. The van der Waals surface area contributed by atoms with Crippen molar-refractivity contribution in [2.24, 2.45) is 0 Å². The first kappa shape index (κ1) is 24.8. The third kappa shape index (κ3) is 3.50. The highest BCUT2D eigenvalue weighted by Crippen LogP contribution is 2.43. The number of hydrogen-bond acceptors (Lipinski definition) is 1. The highest BCUT2D eigenvalue weighted by atomic mass is 32.1. The van der Waals surface area contributed by atoms with Crippen molar-refractivity contribution < 1.29 is 0 Å². The van der Waals surface area contributed by atoms with Crippen LogP contribution in [0.4, 0.5) is 0 Å². The Morgan fingerprint density at radius 2 is 0.911 bits per heavy atom. The van der Waals surface area contributed by atoms with E-state index in [1.54, 1.807) is 0 Å². The molecule has 3 heteroatoms. The van der Waals surface area contributed by atoms with Crippen molar-refractivity contribution in [2.45, 2.75) is 0 Å². The summed E-state index contributed by atoms with van der Waals surface area (Å²) < 4.78 is 7.55. The lowest BCUT2D eigenvalue weighted by Gasteiger charge is -2.13. The van der Waals surface area contributed by atoms with Gasteiger partial charge >= 0.3 is 0 Å². The number of aromatic nitrogens is 2. The zero-order valence-corrected chi connectivity index (χ0v) is 25.1. The van der Waals surface area contributed by atoms with Crippen molar-refractivity contribution in [3.63, 3.8) is 0 Å². The molecule has 0 fully saturated rings. The molecule has 45 heavy (non-hydrogen) atoms. The van der Waals surface area contributed by atoms with Gasteiger partial charge < -0.3 is 9.13 Å². The maximum absolute atomic E-state index is 2.47. The van der Waals surface area contributed by atoms with Crippen molar-refractivity contribution >= 4 is 75.1 Å². The topological polar surface area (TPSA) is 9.86 Å². The second-order valence-corrected chi connectivity index (χ2v) is 12.8. The van der Waals surface area contributed by atoms with Crippen LogP contribution in [0, 0.1) is 0 Å². The van der Waals surface area contributed by atoms with Crippen LogP contribution in [0.1, 0.15) is 0 Å². The number of rotatable bonds is 3. The average Bonchev–Trinajstić information content (AvgIpc) is 3.77. The largest absolute Gasteiger partial charge is 0.309 e. The van der Waals surface area contributed by atoms with Gasteiger partial charge in [-0.2, -0.15) is 0 Å². The summed E-state index contributed by atoms with van der Waals surface area (Å²) >= 11 is 1.89. The fourth-order valence-electron chi connectivity index (χ4n) is 7.39. The standard InChI is InChI=1S/C42H26N2S/c1-2-11-28(12-3-1)43-37-18-7-4-13-31(37)34-17-10-16-30(40(34)43)27-21-23-29(24-22-27)44-38-19-8-5-14-32(38)35-25-26-36-33-15-6-9-20-39(33)45-42(36)41(35)44/h1-26H. The molecule has 0 radical (unpaired) electrons. The highest BCUT2D eigenvalue weighted by Gasteiger charge is 2.19. The zero-order valence-electron chi connectivity index (χ0n) is 24.3. The van der Waals surface area contributed by atoms with Crippen LogP contribution in [0.3, 0.4) is 0 Å². The summed E-state index contributed by atoms with van der Waals surface area (Å²) in [6.45, 7) is 0. The molecule has 0 saturated heterocycles. The van der Waals surface area contributed by atoms with Gasteiger partial charge in [-0.05, 0) is 48.0 Å². The molecule has 0 aliphatic heterocycles. The summed E-state index contributed by atoms with van der Waals surface area (Å²) in [6, 6.07) is 57.5. The SMILES string of the molecule is c1ccc(-n2c3ccccc3c3cccc(-c4ccc(-n5c6ccccc6c6ccc7c8ccccc8sc7c65)cc4)c32)cc1. The molecule has 0 spiro atoms.